The molecule has 146 valence electrons. The van der Waals surface area contributed by atoms with Gasteiger partial charge >= 0.3 is 5.97 Å². The minimum Gasteiger partial charge on any atom is -0.427 e. The summed E-state index contributed by atoms with van der Waals surface area (Å²) >= 11 is 0. The van der Waals surface area contributed by atoms with E-state index in [1.54, 1.807) is 34.1 Å². The van der Waals surface area contributed by atoms with Crippen molar-refractivity contribution in [2.24, 2.45) is 0 Å². The second-order valence-electron chi connectivity index (χ2n) is 6.96. The molecule has 1 saturated heterocycles. The van der Waals surface area contributed by atoms with Crippen LogP contribution in [-0.4, -0.2) is 53.8 Å². The highest BCUT2D eigenvalue weighted by atomic mass is 16.5. The fourth-order valence-electron chi connectivity index (χ4n) is 3.19. The zero-order valence-corrected chi connectivity index (χ0v) is 16.2. The summed E-state index contributed by atoms with van der Waals surface area (Å²) in [6.45, 7) is 5.33. The number of esters is 1. The lowest BCUT2D eigenvalue weighted by molar-refractivity contribution is -0.132. The maximum atomic E-state index is 12.7. The fourth-order valence-corrected chi connectivity index (χ4v) is 3.19. The van der Waals surface area contributed by atoms with E-state index in [1.807, 2.05) is 31.2 Å². The van der Waals surface area contributed by atoms with E-state index < -0.39 is 5.97 Å². The van der Waals surface area contributed by atoms with Crippen LogP contribution in [0.3, 0.4) is 0 Å². The van der Waals surface area contributed by atoms with Gasteiger partial charge in [0.15, 0.2) is 0 Å². The molecule has 0 spiro atoms. The third-order valence-corrected chi connectivity index (χ3v) is 4.74. The number of ether oxygens (including phenoxy) is 1. The first-order valence-corrected chi connectivity index (χ1v) is 9.33. The van der Waals surface area contributed by atoms with E-state index in [4.69, 9.17) is 4.74 Å². The molecule has 2 amide bonds. The van der Waals surface area contributed by atoms with Gasteiger partial charge in [0.1, 0.15) is 5.75 Å². The van der Waals surface area contributed by atoms with E-state index in [0.717, 1.165) is 5.56 Å². The van der Waals surface area contributed by atoms with Crippen LogP contribution >= 0.6 is 0 Å². The average molecular weight is 380 g/mol. The molecule has 0 aliphatic carbocycles. The molecule has 1 heterocycles. The second kappa shape index (κ2) is 8.69. The molecule has 0 aromatic heterocycles. The predicted octanol–water partition coefficient (Wildman–Crippen LogP) is 2.45. The maximum absolute atomic E-state index is 12.7. The lowest BCUT2D eigenvalue weighted by atomic mass is 10.1. The van der Waals surface area contributed by atoms with E-state index in [0.29, 0.717) is 43.9 Å². The molecule has 1 fully saturated rings. The quantitative estimate of drug-likeness (QED) is 0.604. The van der Waals surface area contributed by atoms with Crippen LogP contribution in [0.25, 0.3) is 0 Å². The van der Waals surface area contributed by atoms with Crippen molar-refractivity contribution in [3.63, 3.8) is 0 Å². The smallest absolute Gasteiger partial charge is 0.308 e. The first-order valence-electron chi connectivity index (χ1n) is 9.33. The van der Waals surface area contributed by atoms with Gasteiger partial charge in [0, 0.05) is 38.7 Å². The van der Waals surface area contributed by atoms with Crippen molar-refractivity contribution < 1.29 is 19.1 Å². The molecular formula is C22H24N2O4. The summed E-state index contributed by atoms with van der Waals surface area (Å²) < 4.78 is 5.04. The summed E-state index contributed by atoms with van der Waals surface area (Å²) in [7, 11) is 0. The number of piperazine rings is 1. The Morgan fingerprint density at radius 3 is 2.21 bits per heavy atom. The highest BCUT2D eigenvalue weighted by molar-refractivity contribution is 5.95. The van der Waals surface area contributed by atoms with Gasteiger partial charge in [0.2, 0.25) is 5.91 Å². The number of carbonyl (C=O) groups is 3. The van der Waals surface area contributed by atoms with Crippen LogP contribution in [0, 0.1) is 6.92 Å². The molecule has 6 heteroatoms. The van der Waals surface area contributed by atoms with Crippen LogP contribution in [0.1, 0.15) is 28.4 Å². The summed E-state index contributed by atoms with van der Waals surface area (Å²) in [6, 6.07) is 14.5. The van der Waals surface area contributed by atoms with Crippen LogP contribution in [0.5, 0.6) is 5.75 Å². The Balaban J connectivity index is 1.55. The molecule has 0 atom stereocenters. The first kappa shape index (κ1) is 19.6. The van der Waals surface area contributed by atoms with E-state index in [-0.39, 0.29) is 11.8 Å². The number of nitrogens with zero attached hydrogens (tertiary/aromatic N) is 2. The molecular weight excluding hydrogens is 356 g/mol. The van der Waals surface area contributed by atoms with Gasteiger partial charge in [-0.2, -0.15) is 0 Å². The summed E-state index contributed by atoms with van der Waals surface area (Å²) in [5, 5.41) is 0. The molecule has 0 saturated carbocycles. The Bertz CT molecular complexity index is 868. The first-order chi connectivity index (χ1) is 13.4. The molecule has 1 aliphatic rings. The van der Waals surface area contributed by atoms with Gasteiger partial charge < -0.3 is 14.5 Å². The zero-order valence-electron chi connectivity index (χ0n) is 16.2. The monoisotopic (exact) mass is 380 g/mol. The number of aryl methyl sites for hydroxylation is 1. The average Bonchev–Trinajstić information content (AvgIpc) is 2.69. The molecule has 0 radical (unpaired) electrons. The van der Waals surface area contributed by atoms with Crippen molar-refractivity contribution in [2.45, 2.75) is 20.3 Å². The predicted molar refractivity (Wildman–Crippen MR) is 105 cm³/mol. The number of hydrogen-bond donors (Lipinski definition) is 0. The number of carbonyl (C=O) groups excluding carboxylic acids is 3. The third-order valence-electron chi connectivity index (χ3n) is 4.74. The molecule has 2 aromatic rings. The number of hydrogen-bond acceptors (Lipinski definition) is 4. The molecule has 28 heavy (non-hydrogen) atoms. The van der Waals surface area contributed by atoms with Gasteiger partial charge in [0.25, 0.3) is 5.91 Å². The van der Waals surface area contributed by atoms with Crippen LogP contribution in [0.15, 0.2) is 48.5 Å². The van der Waals surface area contributed by atoms with E-state index in [9.17, 15) is 14.4 Å². The van der Waals surface area contributed by atoms with E-state index in [2.05, 4.69) is 0 Å². The normalized spacial score (nSPS) is 13.9. The van der Waals surface area contributed by atoms with Crippen LogP contribution in [0.2, 0.25) is 0 Å². The Hall–Kier alpha value is -3.15. The highest BCUT2D eigenvalue weighted by Crippen LogP contribution is 2.17. The Kier molecular flexibility index (Phi) is 6.09. The molecule has 6 nitrogen and oxygen atoms in total. The lowest BCUT2D eigenvalue weighted by Gasteiger charge is -2.35. The van der Waals surface area contributed by atoms with Gasteiger partial charge in [-0.1, -0.05) is 35.9 Å². The standard InChI is InChI=1S/C22H24N2O4/c1-16-6-8-18(9-7-16)14-21(26)23-10-12-24(13-11-23)22(27)19-4-3-5-20(15-19)28-17(2)25/h3-9,15H,10-14H2,1-2H3. The zero-order chi connectivity index (χ0) is 20.1. The molecule has 2 aromatic carbocycles. The van der Waals surface area contributed by atoms with Gasteiger partial charge in [-0.25, -0.2) is 0 Å². The van der Waals surface area contributed by atoms with Crippen molar-refractivity contribution in [1.82, 2.24) is 9.80 Å². The van der Waals surface area contributed by atoms with Crippen LogP contribution in [0.4, 0.5) is 0 Å². The molecule has 0 N–H and O–H groups in total. The van der Waals surface area contributed by atoms with Crippen molar-refractivity contribution in [2.75, 3.05) is 26.2 Å². The second-order valence-corrected chi connectivity index (χ2v) is 6.96. The Morgan fingerprint density at radius 2 is 1.57 bits per heavy atom. The third kappa shape index (κ3) is 4.97. The van der Waals surface area contributed by atoms with Crippen molar-refractivity contribution in [1.29, 1.82) is 0 Å². The van der Waals surface area contributed by atoms with Gasteiger partial charge in [-0.3, -0.25) is 14.4 Å². The highest BCUT2D eigenvalue weighted by Gasteiger charge is 2.25. The SMILES string of the molecule is CC(=O)Oc1cccc(C(=O)N2CCN(C(=O)Cc3ccc(C)cc3)CC2)c1. The van der Waals surface area contributed by atoms with Gasteiger partial charge in [0.05, 0.1) is 6.42 Å². The number of rotatable bonds is 4. The number of benzene rings is 2. The molecule has 1 aliphatic heterocycles. The summed E-state index contributed by atoms with van der Waals surface area (Å²) in [5.41, 5.74) is 2.63. The van der Waals surface area contributed by atoms with Gasteiger partial charge in [-0.15, -0.1) is 0 Å². The van der Waals surface area contributed by atoms with Crippen LogP contribution < -0.4 is 4.74 Å². The summed E-state index contributed by atoms with van der Waals surface area (Å²) in [5.74, 6) is -0.122. The van der Waals surface area contributed by atoms with E-state index >= 15 is 0 Å². The molecule has 3 rings (SSSR count). The minimum absolute atomic E-state index is 0.0767. The maximum Gasteiger partial charge on any atom is 0.308 e. The van der Waals surface area contributed by atoms with E-state index in [1.165, 1.54) is 12.5 Å². The van der Waals surface area contributed by atoms with Crippen molar-refractivity contribution in [3.8, 4) is 5.75 Å². The number of amides is 2. The Labute approximate surface area is 164 Å². The topological polar surface area (TPSA) is 66.9 Å². The van der Waals surface area contributed by atoms with Crippen molar-refractivity contribution >= 4 is 17.8 Å². The lowest BCUT2D eigenvalue weighted by Crippen LogP contribution is -2.51. The fraction of sp³-hybridized carbons (Fsp3) is 0.318. The molecule has 0 bridgehead atoms. The van der Waals surface area contributed by atoms with Crippen molar-refractivity contribution in [3.05, 3.63) is 65.2 Å². The minimum atomic E-state index is -0.426. The molecule has 0 unspecified atom stereocenters. The van der Waals surface area contributed by atoms with Crippen LogP contribution in [-0.2, 0) is 16.0 Å². The Morgan fingerprint density at radius 1 is 0.929 bits per heavy atom. The summed E-state index contributed by atoms with van der Waals surface area (Å²) in [6.07, 6.45) is 0.374. The van der Waals surface area contributed by atoms with Gasteiger partial charge in [-0.05, 0) is 30.7 Å². The summed E-state index contributed by atoms with van der Waals surface area (Å²) in [4.78, 5) is 39.9. The largest absolute Gasteiger partial charge is 0.427 e.